The fourth-order valence-electron chi connectivity index (χ4n) is 4.42. The van der Waals surface area contributed by atoms with Crippen molar-refractivity contribution in [1.82, 2.24) is 24.7 Å². The number of hydrogen-bond acceptors (Lipinski definition) is 4. The van der Waals surface area contributed by atoms with E-state index in [-0.39, 0.29) is 11.5 Å². The molecule has 2 amide bonds. The number of halogens is 3. The van der Waals surface area contributed by atoms with Gasteiger partial charge in [0.2, 0.25) is 5.91 Å². The first kappa shape index (κ1) is 24.3. The number of benzene rings is 1. The molecular weight excluding hydrogens is 447 g/mol. The zero-order valence-electron chi connectivity index (χ0n) is 19.9. The number of nitrogens with one attached hydrogen (secondary N) is 1. The zero-order valence-corrected chi connectivity index (χ0v) is 19.9. The molecule has 3 heterocycles. The topological polar surface area (TPSA) is 70.5 Å². The number of rotatable bonds is 4. The fraction of sp³-hybridized carbons (Fsp3) is 0.542. The Labute approximate surface area is 196 Å². The molecule has 1 unspecified atom stereocenters. The number of aromatic nitrogens is 2. The van der Waals surface area contributed by atoms with Crippen LogP contribution in [0.3, 0.4) is 0 Å². The molecule has 34 heavy (non-hydrogen) atoms. The van der Waals surface area contributed by atoms with Crippen molar-refractivity contribution in [3.05, 3.63) is 41.5 Å². The average Bonchev–Trinajstić information content (AvgIpc) is 2.95. The van der Waals surface area contributed by atoms with Gasteiger partial charge in [0.15, 0.2) is 5.69 Å². The molecule has 184 valence electrons. The summed E-state index contributed by atoms with van der Waals surface area (Å²) < 4.78 is 42.2. The molecule has 1 atom stereocenters. The highest BCUT2D eigenvalue weighted by atomic mass is 19.3. The van der Waals surface area contributed by atoms with E-state index >= 15 is 0 Å². The van der Waals surface area contributed by atoms with Gasteiger partial charge in [-0.3, -0.25) is 9.59 Å². The van der Waals surface area contributed by atoms with Gasteiger partial charge >= 0.3 is 0 Å². The average molecular weight is 478 g/mol. The second-order valence-corrected chi connectivity index (χ2v) is 10.3. The first-order chi connectivity index (χ1) is 15.9. The largest absolute Gasteiger partial charge is 0.338 e. The van der Waals surface area contributed by atoms with Crippen LogP contribution in [0.15, 0.2) is 24.3 Å². The van der Waals surface area contributed by atoms with Crippen LogP contribution in [0.4, 0.5) is 13.2 Å². The molecule has 10 heteroatoms. The normalized spacial score (nSPS) is 19.1. The van der Waals surface area contributed by atoms with Crippen LogP contribution in [-0.4, -0.2) is 69.8 Å². The van der Waals surface area contributed by atoms with Crippen LogP contribution >= 0.6 is 0 Å². The van der Waals surface area contributed by atoms with Gasteiger partial charge in [-0.05, 0) is 49.7 Å². The highest BCUT2D eigenvalue weighted by Gasteiger charge is 2.49. The number of carbonyl (C=O) groups excluding carboxylic acids is 2. The Morgan fingerprint density at radius 3 is 2.35 bits per heavy atom. The summed E-state index contributed by atoms with van der Waals surface area (Å²) in [5, 5.41) is 2.78. The molecule has 0 radical (unpaired) electrons. The van der Waals surface area contributed by atoms with Crippen molar-refractivity contribution >= 4 is 11.8 Å². The summed E-state index contributed by atoms with van der Waals surface area (Å²) in [7, 11) is 1.95. The number of amides is 2. The standard InChI is InChI=1S/C24H30F3N5O2/c1-23(2,3)19(22(34)31-13-24(26,27)14-31)29-21(33)18-17-12-30(4)10-5-11-32(17)20(28-18)15-6-8-16(25)9-7-15/h6-9,19H,5,10-14H2,1-4H3,(H,29,33). The Bertz CT molecular complexity index is 1080. The Morgan fingerprint density at radius 1 is 1.12 bits per heavy atom. The van der Waals surface area contributed by atoms with E-state index in [1.165, 1.54) is 12.1 Å². The predicted octanol–water partition coefficient (Wildman–Crippen LogP) is 3.15. The quantitative estimate of drug-likeness (QED) is 0.735. The molecule has 1 N–H and O–H groups in total. The van der Waals surface area contributed by atoms with Crippen LogP contribution in [0.5, 0.6) is 0 Å². The maximum absolute atomic E-state index is 13.5. The highest BCUT2D eigenvalue weighted by Crippen LogP contribution is 2.31. The molecule has 2 aliphatic heterocycles. The lowest BCUT2D eigenvalue weighted by Gasteiger charge is -2.43. The molecule has 1 aromatic carbocycles. The summed E-state index contributed by atoms with van der Waals surface area (Å²) in [6.07, 6.45) is 0.849. The van der Waals surface area contributed by atoms with Crippen LogP contribution in [0.1, 0.15) is 43.4 Å². The predicted molar refractivity (Wildman–Crippen MR) is 121 cm³/mol. The third-order valence-corrected chi connectivity index (χ3v) is 6.28. The van der Waals surface area contributed by atoms with Crippen molar-refractivity contribution in [2.75, 3.05) is 26.7 Å². The van der Waals surface area contributed by atoms with Crippen LogP contribution in [0.25, 0.3) is 11.4 Å². The molecule has 0 aliphatic carbocycles. The molecule has 0 bridgehead atoms. The second kappa shape index (κ2) is 8.72. The maximum atomic E-state index is 13.5. The van der Waals surface area contributed by atoms with Crippen molar-refractivity contribution < 1.29 is 22.8 Å². The van der Waals surface area contributed by atoms with Crippen molar-refractivity contribution in [2.24, 2.45) is 5.41 Å². The minimum absolute atomic E-state index is 0.184. The summed E-state index contributed by atoms with van der Waals surface area (Å²) in [5.74, 6) is -3.78. The van der Waals surface area contributed by atoms with E-state index < -0.39 is 42.3 Å². The highest BCUT2D eigenvalue weighted by molar-refractivity contribution is 5.98. The molecule has 0 spiro atoms. The van der Waals surface area contributed by atoms with E-state index in [1.807, 2.05) is 11.6 Å². The number of alkyl halides is 2. The fourth-order valence-corrected chi connectivity index (χ4v) is 4.42. The minimum atomic E-state index is -2.89. The van der Waals surface area contributed by atoms with E-state index in [2.05, 4.69) is 15.2 Å². The lowest BCUT2D eigenvalue weighted by molar-refractivity contribution is -0.169. The van der Waals surface area contributed by atoms with E-state index in [0.717, 1.165) is 17.9 Å². The van der Waals surface area contributed by atoms with Gasteiger partial charge in [0.1, 0.15) is 17.7 Å². The van der Waals surface area contributed by atoms with Crippen molar-refractivity contribution in [3.8, 4) is 11.4 Å². The molecule has 4 rings (SSSR count). The van der Waals surface area contributed by atoms with E-state index in [0.29, 0.717) is 30.2 Å². The van der Waals surface area contributed by atoms with Crippen LogP contribution < -0.4 is 5.32 Å². The van der Waals surface area contributed by atoms with Crippen LogP contribution in [0, 0.1) is 11.2 Å². The summed E-state index contributed by atoms with van der Waals surface area (Å²) in [4.78, 5) is 34.2. The zero-order chi connectivity index (χ0) is 24.8. The van der Waals surface area contributed by atoms with Gasteiger partial charge in [0, 0.05) is 18.7 Å². The van der Waals surface area contributed by atoms with Gasteiger partial charge in [-0.1, -0.05) is 20.8 Å². The van der Waals surface area contributed by atoms with E-state index in [9.17, 15) is 22.8 Å². The van der Waals surface area contributed by atoms with Gasteiger partial charge in [-0.2, -0.15) is 0 Å². The Hall–Kier alpha value is -2.88. The SMILES string of the molecule is CN1CCCn2c(-c3ccc(F)cc3)nc(C(=O)NC(C(=O)N3CC(F)(F)C3)C(C)(C)C)c2C1. The van der Waals surface area contributed by atoms with E-state index in [4.69, 9.17) is 0 Å². The Balaban J connectivity index is 1.67. The van der Waals surface area contributed by atoms with Crippen molar-refractivity contribution in [1.29, 1.82) is 0 Å². The molecule has 0 saturated carbocycles. The molecule has 1 saturated heterocycles. The third kappa shape index (κ3) is 4.82. The lowest BCUT2D eigenvalue weighted by atomic mass is 9.85. The smallest absolute Gasteiger partial charge is 0.282 e. The minimum Gasteiger partial charge on any atom is -0.338 e. The maximum Gasteiger partial charge on any atom is 0.282 e. The molecule has 2 aromatic rings. The summed E-state index contributed by atoms with van der Waals surface area (Å²) >= 11 is 0. The van der Waals surface area contributed by atoms with Gasteiger partial charge in [-0.25, -0.2) is 18.2 Å². The van der Waals surface area contributed by atoms with Crippen LogP contribution in [0.2, 0.25) is 0 Å². The number of nitrogens with zero attached hydrogens (tertiary/aromatic N) is 4. The summed E-state index contributed by atoms with van der Waals surface area (Å²) in [6, 6.07) is 4.93. The molecular formula is C24H30F3N5O2. The van der Waals surface area contributed by atoms with Gasteiger partial charge in [-0.15, -0.1) is 0 Å². The first-order valence-electron chi connectivity index (χ1n) is 11.4. The van der Waals surface area contributed by atoms with Crippen LogP contribution in [-0.2, 0) is 17.9 Å². The molecule has 7 nitrogen and oxygen atoms in total. The lowest BCUT2D eigenvalue weighted by Crippen LogP contribution is -2.64. The van der Waals surface area contributed by atoms with Gasteiger partial charge in [0.25, 0.3) is 11.8 Å². The third-order valence-electron chi connectivity index (χ3n) is 6.28. The monoisotopic (exact) mass is 477 g/mol. The Morgan fingerprint density at radius 2 is 1.76 bits per heavy atom. The molecule has 1 fully saturated rings. The first-order valence-corrected chi connectivity index (χ1v) is 11.4. The molecule has 2 aliphatic rings. The summed E-state index contributed by atoms with van der Waals surface area (Å²) in [6.45, 7) is 5.98. The number of carbonyl (C=O) groups is 2. The van der Waals surface area contributed by atoms with Crippen molar-refractivity contribution in [3.63, 3.8) is 0 Å². The van der Waals surface area contributed by atoms with Gasteiger partial charge in [0.05, 0.1) is 18.8 Å². The van der Waals surface area contributed by atoms with E-state index in [1.54, 1.807) is 32.9 Å². The second-order valence-electron chi connectivity index (χ2n) is 10.3. The number of fused-ring (bicyclic) bond motifs is 1. The summed E-state index contributed by atoms with van der Waals surface area (Å²) in [5.41, 5.74) is 0.860. The van der Waals surface area contributed by atoms with Crippen molar-refractivity contribution in [2.45, 2.75) is 52.2 Å². The number of hydrogen-bond donors (Lipinski definition) is 1. The number of imidazole rings is 1. The Kier molecular flexibility index (Phi) is 6.22. The van der Waals surface area contributed by atoms with Gasteiger partial charge < -0.3 is 19.7 Å². The number of likely N-dealkylation sites (tertiary alicyclic amines) is 1. The molecule has 1 aromatic heterocycles.